The molecule has 0 aliphatic carbocycles. The van der Waals surface area contributed by atoms with E-state index in [2.05, 4.69) is 10.6 Å². The highest BCUT2D eigenvalue weighted by Crippen LogP contribution is 2.21. The van der Waals surface area contributed by atoms with Crippen LogP contribution in [-0.4, -0.2) is 11.8 Å². The van der Waals surface area contributed by atoms with Gasteiger partial charge in [-0.1, -0.05) is 26.0 Å². The van der Waals surface area contributed by atoms with E-state index in [1.807, 2.05) is 32.9 Å². The quantitative estimate of drug-likeness (QED) is 0.731. The highest BCUT2D eigenvalue weighted by atomic mass is 16.2. The van der Waals surface area contributed by atoms with Crippen molar-refractivity contribution in [1.82, 2.24) is 0 Å². The van der Waals surface area contributed by atoms with Crippen LogP contribution < -0.4 is 16.4 Å². The van der Waals surface area contributed by atoms with Gasteiger partial charge in [0.2, 0.25) is 5.91 Å². The second-order valence-corrected chi connectivity index (χ2v) is 6.22. The Morgan fingerprint density at radius 1 is 1.04 bits per heavy atom. The van der Waals surface area contributed by atoms with Gasteiger partial charge in [0.15, 0.2) is 0 Å². The Hall–Kier alpha value is -2.82. The van der Waals surface area contributed by atoms with Gasteiger partial charge in [0.25, 0.3) is 5.91 Å². The van der Waals surface area contributed by atoms with Crippen LogP contribution in [0.1, 0.15) is 36.2 Å². The highest BCUT2D eigenvalue weighted by Gasteiger charge is 2.11. The second-order valence-electron chi connectivity index (χ2n) is 6.22. The molecule has 2 aromatic carbocycles. The van der Waals surface area contributed by atoms with Crippen molar-refractivity contribution in [2.75, 3.05) is 16.4 Å². The lowest BCUT2D eigenvalue weighted by atomic mass is 10.1. The number of hydrogen-bond donors (Lipinski definition) is 3. The summed E-state index contributed by atoms with van der Waals surface area (Å²) < 4.78 is 0. The summed E-state index contributed by atoms with van der Waals surface area (Å²) in [7, 11) is 0. The average Bonchev–Trinajstić information content (AvgIpc) is 2.50. The number of carbonyl (C=O) groups is 2. The number of amides is 2. The largest absolute Gasteiger partial charge is 0.397 e. The molecule has 2 aromatic rings. The summed E-state index contributed by atoms with van der Waals surface area (Å²) in [6, 6.07) is 12.3. The monoisotopic (exact) mass is 325 g/mol. The Morgan fingerprint density at radius 3 is 2.38 bits per heavy atom. The molecule has 2 amide bonds. The number of para-hydroxylation sites is 2. The zero-order chi connectivity index (χ0) is 17.7. The molecular weight excluding hydrogens is 302 g/mol. The van der Waals surface area contributed by atoms with E-state index >= 15 is 0 Å². The Bertz CT molecular complexity index is 754. The van der Waals surface area contributed by atoms with E-state index in [0.717, 1.165) is 11.3 Å². The third kappa shape index (κ3) is 4.59. The number of anilines is 3. The molecule has 0 unspecified atom stereocenters. The first-order valence-electron chi connectivity index (χ1n) is 7.93. The van der Waals surface area contributed by atoms with Gasteiger partial charge in [0.05, 0.1) is 11.4 Å². The normalized spacial score (nSPS) is 10.5. The molecule has 5 nitrogen and oxygen atoms in total. The average molecular weight is 325 g/mol. The summed E-state index contributed by atoms with van der Waals surface area (Å²) in [5, 5.41) is 5.66. The third-order valence-electron chi connectivity index (χ3n) is 3.57. The number of benzene rings is 2. The van der Waals surface area contributed by atoms with E-state index < -0.39 is 0 Å². The van der Waals surface area contributed by atoms with Crippen LogP contribution >= 0.6 is 0 Å². The first-order chi connectivity index (χ1) is 11.4. The van der Waals surface area contributed by atoms with Crippen molar-refractivity contribution < 1.29 is 9.59 Å². The SMILES string of the molecule is Cc1cc(C(=O)Nc2ccccc2N)ccc1NC(=O)CC(C)C. The molecule has 126 valence electrons. The number of aryl methyl sites for hydroxylation is 1. The van der Waals surface area contributed by atoms with Gasteiger partial charge in [-0.25, -0.2) is 0 Å². The molecule has 0 spiro atoms. The molecular formula is C19H23N3O2. The molecule has 2 rings (SSSR count). The van der Waals surface area contributed by atoms with Crippen LogP contribution in [0.3, 0.4) is 0 Å². The minimum Gasteiger partial charge on any atom is -0.397 e. The molecule has 5 heteroatoms. The lowest BCUT2D eigenvalue weighted by molar-refractivity contribution is -0.116. The van der Waals surface area contributed by atoms with E-state index in [4.69, 9.17) is 5.73 Å². The van der Waals surface area contributed by atoms with Gasteiger partial charge in [-0.05, 0) is 48.7 Å². The van der Waals surface area contributed by atoms with Gasteiger partial charge in [-0.2, -0.15) is 0 Å². The molecule has 0 aliphatic rings. The van der Waals surface area contributed by atoms with E-state index in [-0.39, 0.29) is 11.8 Å². The molecule has 0 saturated carbocycles. The standard InChI is InChI=1S/C19H23N3O2/c1-12(2)10-18(23)21-16-9-8-14(11-13(16)3)19(24)22-17-7-5-4-6-15(17)20/h4-9,11-12H,10,20H2,1-3H3,(H,21,23)(H,22,24). The van der Waals surface area contributed by atoms with Crippen molar-refractivity contribution in [3.63, 3.8) is 0 Å². The van der Waals surface area contributed by atoms with Crippen LogP contribution in [0.4, 0.5) is 17.1 Å². The van der Waals surface area contributed by atoms with Crippen LogP contribution in [-0.2, 0) is 4.79 Å². The van der Waals surface area contributed by atoms with Gasteiger partial charge in [-0.3, -0.25) is 9.59 Å². The minimum absolute atomic E-state index is 0.0256. The molecule has 0 radical (unpaired) electrons. The van der Waals surface area contributed by atoms with Crippen molar-refractivity contribution in [2.24, 2.45) is 5.92 Å². The Labute approximate surface area is 142 Å². The van der Waals surface area contributed by atoms with Crippen molar-refractivity contribution in [2.45, 2.75) is 27.2 Å². The lowest BCUT2D eigenvalue weighted by Crippen LogP contribution is -2.16. The molecule has 0 fully saturated rings. The molecule has 4 N–H and O–H groups in total. The smallest absolute Gasteiger partial charge is 0.255 e. The maximum absolute atomic E-state index is 12.3. The van der Waals surface area contributed by atoms with Crippen molar-refractivity contribution in [1.29, 1.82) is 0 Å². The Balaban J connectivity index is 2.10. The topological polar surface area (TPSA) is 84.2 Å². The first-order valence-corrected chi connectivity index (χ1v) is 7.93. The summed E-state index contributed by atoms with van der Waals surface area (Å²) >= 11 is 0. The summed E-state index contributed by atoms with van der Waals surface area (Å²) in [4.78, 5) is 24.2. The summed E-state index contributed by atoms with van der Waals surface area (Å²) in [6.45, 7) is 5.85. The maximum atomic E-state index is 12.3. The minimum atomic E-state index is -0.240. The fraction of sp³-hybridized carbons (Fsp3) is 0.263. The highest BCUT2D eigenvalue weighted by molar-refractivity contribution is 6.06. The van der Waals surface area contributed by atoms with Crippen LogP contribution in [0.25, 0.3) is 0 Å². The van der Waals surface area contributed by atoms with Gasteiger partial charge in [0, 0.05) is 17.7 Å². The predicted octanol–water partition coefficient (Wildman–Crippen LogP) is 3.81. The lowest BCUT2D eigenvalue weighted by Gasteiger charge is -2.12. The number of carbonyl (C=O) groups excluding carboxylic acids is 2. The Morgan fingerprint density at radius 2 is 1.75 bits per heavy atom. The molecule has 0 atom stereocenters. The third-order valence-corrected chi connectivity index (χ3v) is 3.57. The van der Waals surface area contributed by atoms with Gasteiger partial charge in [0.1, 0.15) is 0 Å². The van der Waals surface area contributed by atoms with Crippen LogP contribution in [0, 0.1) is 12.8 Å². The first kappa shape index (κ1) is 17.5. The van der Waals surface area contributed by atoms with Crippen LogP contribution in [0.15, 0.2) is 42.5 Å². The summed E-state index contributed by atoms with van der Waals surface area (Å²) in [5.41, 5.74) is 8.99. The van der Waals surface area contributed by atoms with Gasteiger partial charge < -0.3 is 16.4 Å². The maximum Gasteiger partial charge on any atom is 0.255 e. The van der Waals surface area contributed by atoms with Crippen molar-refractivity contribution >= 4 is 28.9 Å². The number of nitrogens with two attached hydrogens (primary N) is 1. The summed E-state index contributed by atoms with van der Waals surface area (Å²) in [6.07, 6.45) is 0.467. The predicted molar refractivity (Wildman–Crippen MR) is 98.1 cm³/mol. The van der Waals surface area contributed by atoms with Crippen LogP contribution in [0.2, 0.25) is 0 Å². The van der Waals surface area contributed by atoms with E-state index in [9.17, 15) is 9.59 Å². The second kappa shape index (κ2) is 7.64. The van der Waals surface area contributed by atoms with E-state index in [1.165, 1.54) is 0 Å². The van der Waals surface area contributed by atoms with E-state index in [1.54, 1.807) is 30.3 Å². The molecule has 0 heterocycles. The van der Waals surface area contributed by atoms with Crippen LogP contribution in [0.5, 0.6) is 0 Å². The zero-order valence-electron chi connectivity index (χ0n) is 14.2. The molecule has 0 bridgehead atoms. The molecule has 0 saturated heterocycles. The van der Waals surface area contributed by atoms with Gasteiger partial charge >= 0.3 is 0 Å². The van der Waals surface area contributed by atoms with E-state index in [0.29, 0.717) is 29.3 Å². The summed E-state index contributed by atoms with van der Waals surface area (Å²) in [5.74, 6) is 0.0325. The number of rotatable bonds is 5. The molecule has 24 heavy (non-hydrogen) atoms. The fourth-order valence-corrected chi connectivity index (χ4v) is 2.32. The molecule has 0 aliphatic heterocycles. The number of nitrogens with one attached hydrogen (secondary N) is 2. The zero-order valence-corrected chi connectivity index (χ0v) is 14.2. The van der Waals surface area contributed by atoms with Crippen molar-refractivity contribution in [3.05, 3.63) is 53.6 Å². The number of nitrogen functional groups attached to an aromatic ring is 1. The van der Waals surface area contributed by atoms with Crippen molar-refractivity contribution in [3.8, 4) is 0 Å². The molecule has 0 aromatic heterocycles. The van der Waals surface area contributed by atoms with Gasteiger partial charge in [-0.15, -0.1) is 0 Å². The fourth-order valence-electron chi connectivity index (χ4n) is 2.32. The Kier molecular flexibility index (Phi) is 5.58. The number of hydrogen-bond acceptors (Lipinski definition) is 3.